The van der Waals surface area contributed by atoms with Crippen LogP contribution in [0.2, 0.25) is 0 Å². The van der Waals surface area contributed by atoms with E-state index < -0.39 is 0 Å². The van der Waals surface area contributed by atoms with Crippen molar-refractivity contribution in [2.75, 3.05) is 18.0 Å². The van der Waals surface area contributed by atoms with Crippen LogP contribution in [0.1, 0.15) is 31.9 Å². The van der Waals surface area contributed by atoms with E-state index in [1.807, 2.05) is 0 Å². The molecule has 0 aromatic heterocycles. The van der Waals surface area contributed by atoms with E-state index in [4.69, 9.17) is 0 Å². The molecule has 0 radical (unpaired) electrons. The molecule has 100 valence electrons. The summed E-state index contributed by atoms with van der Waals surface area (Å²) < 4.78 is 0. The van der Waals surface area contributed by atoms with E-state index in [2.05, 4.69) is 63.0 Å². The summed E-state index contributed by atoms with van der Waals surface area (Å²) in [5, 5.41) is 3.60. The molecule has 1 aromatic carbocycles. The van der Waals surface area contributed by atoms with Gasteiger partial charge in [0.25, 0.3) is 0 Å². The van der Waals surface area contributed by atoms with Gasteiger partial charge in [0.15, 0.2) is 0 Å². The number of rotatable bonds is 2. The average molecular weight is 246 g/mol. The molecule has 18 heavy (non-hydrogen) atoms. The maximum Gasteiger partial charge on any atom is 0.0438 e. The SMILES string of the molecule is Cc1ccc(N2CC(C)NCC2C(C)C)cc1C. The highest BCUT2D eigenvalue weighted by Crippen LogP contribution is 2.25. The van der Waals surface area contributed by atoms with Crippen LogP contribution < -0.4 is 10.2 Å². The average Bonchev–Trinajstić information content (AvgIpc) is 2.32. The van der Waals surface area contributed by atoms with Crippen molar-refractivity contribution in [2.24, 2.45) is 5.92 Å². The third kappa shape index (κ3) is 2.69. The number of piperazine rings is 1. The molecular formula is C16H26N2. The maximum atomic E-state index is 3.60. The fourth-order valence-corrected chi connectivity index (χ4v) is 2.72. The van der Waals surface area contributed by atoms with Gasteiger partial charge in [-0.3, -0.25) is 0 Å². The van der Waals surface area contributed by atoms with E-state index in [-0.39, 0.29) is 0 Å². The van der Waals surface area contributed by atoms with Crippen molar-refractivity contribution in [3.63, 3.8) is 0 Å². The Morgan fingerprint density at radius 2 is 1.94 bits per heavy atom. The zero-order valence-corrected chi connectivity index (χ0v) is 12.3. The van der Waals surface area contributed by atoms with Crippen LogP contribution in [0.3, 0.4) is 0 Å². The lowest BCUT2D eigenvalue weighted by atomic mass is 9.97. The summed E-state index contributed by atoms with van der Waals surface area (Å²) >= 11 is 0. The van der Waals surface area contributed by atoms with Gasteiger partial charge in [-0.1, -0.05) is 19.9 Å². The lowest BCUT2D eigenvalue weighted by Crippen LogP contribution is -2.57. The first-order valence-corrected chi connectivity index (χ1v) is 7.06. The van der Waals surface area contributed by atoms with Crippen molar-refractivity contribution in [3.8, 4) is 0 Å². The first-order valence-electron chi connectivity index (χ1n) is 7.06. The lowest BCUT2D eigenvalue weighted by molar-refractivity contribution is 0.349. The zero-order chi connectivity index (χ0) is 13.3. The third-order valence-electron chi connectivity index (χ3n) is 4.14. The molecule has 1 fully saturated rings. The Hall–Kier alpha value is -1.02. The van der Waals surface area contributed by atoms with Gasteiger partial charge in [-0.05, 0) is 49.9 Å². The summed E-state index contributed by atoms with van der Waals surface area (Å²) in [6.07, 6.45) is 0. The molecule has 1 saturated heterocycles. The topological polar surface area (TPSA) is 15.3 Å². The number of aryl methyl sites for hydroxylation is 2. The monoisotopic (exact) mass is 246 g/mol. The molecule has 2 rings (SSSR count). The molecule has 2 heteroatoms. The number of anilines is 1. The van der Waals surface area contributed by atoms with Crippen LogP contribution in [0.4, 0.5) is 5.69 Å². The summed E-state index contributed by atoms with van der Waals surface area (Å²) in [5.41, 5.74) is 4.15. The molecule has 1 aliphatic rings. The second-order valence-electron chi connectivity index (χ2n) is 6.04. The van der Waals surface area contributed by atoms with Gasteiger partial charge in [0.05, 0.1) is 0 Å². The minimum absolute atomic E-state index is 0.571. The Labute approximate surface area is 111 Å². The van der Waals surface area contributed by atoms with Gasteiger partial charge in [0.1, 0.15) is 0 Å². The second-order valence-corrected chi connectivity index (χ2v) is 6.04. The van der Waals surface area contributed by atoms with Crippen LogP contribution in [0.15, 0.2) is 18.2 Å². The predicted molar refractivity (Wildman–Crippen MR) is 79.4 cm³/mol. The molecule has 0 bridgehead atoms. The Morgan fingerprint density at radius 3 is 2.56 bits per heavy atom. The Morgan fingerprint density at radius 1 is 1.22 bits per heavy atom. The summed E-state index contributed by atoms with van der Waals surface area (Å²) in [4.78, 5) is 2.58. The Balaban J connectivity index is 2.29. The molecule has 0 spiro atoms. The van der Waals surface area contributed by atoms with Crippen molar-refractivity contribution in [1.29, 1.82) is 0 Å². The summed E-state index contributed by atoms with van der Waals surface area (Å²) in [5.74, 6) is 0.673. The van der Waals surface area contributed by atoms with Gasteiger partial charge in [-0.25, -0.2) is 0 Å². The molecule has 1 aliphatic heterocycles. The predicted octanol–water partition coefficient (Wildman–Crippen LogP) is 3.13. The molecule has 1 aromatic rings. The maximum absolute atomic E-state index is 3.60. The highest BCUT2D eigenvalue weighted by Gasteiger charge is 2.28. The number of benzene rings is 1. The molecule has 1 heterocycles. The van der Waals surface area contributed by atoms with E-state index in [1.165, 1.54) is 16.8 Å². The number of hydrogen-bond acceptors (Lipinski definition) is 2. The van der Waals surface area contributed by atoms with Crippen LogP contribution >= 0.6 is 0 Å². The summed E-state index contributed by atoms with van der Waals surface area (Å²) in [6, 6.07) is 8.03. The van der Waals surface area contributed by atoms with Crippen molar-refractivity contribution >= 4 is 5.69 Å². The number of nitrogens with zero attached hydrogens (tertiary/aromatic N) is 1. The molecule has 0 aliphatic carbocycles. The van der Waals surface area contributed by atoms with E-state index in [0.717, 1.165) is 13.1 Å². The second kappa shape index (κ2) is 5.31. The van der Waals surface area contributed by atoms with Crippen LogP contribution in [-0.4, -0.2) is 25.2 Å². The van der Waals surface area contributed by atoms with E-state index in [0.29, 0.717) is 18.0 Å². The standard InChI is InChI=1S/C16H26N2/c1-11(2)16-9-17-14(5)10-18(16)15-7-6-12(3)13(4)8-15/h6-8,11,14,16-17H,9-10H2,1-5H3. The normalized spacial score (nSPS) is 24.7. The Kier molecular flexibility index (Phi) is 3.96. The first-order chi connectivity index (χ1) is 8.49. The summed E-state index contributed by atoms with van der Waals surface area (Å²) in [6.45, 7) is 13.5. The van der Waals surface area contributed by atoms with Crippen molar-refractivity contribution in [3.05, 3.63) is 29.3 Å². The Bertz CT molecular complexity index is 412. The fourth-order valence-electron chi connectivity index (χ4n) is 2.72. The van der Waals surface area contributed by atoms with Gasteiger partial charge < -0.3 is 10.2 Å². The molecule has 0 saturated carbocycles. The molecule has 2 nitrogen and oxygen atoms in total. The smallest absolute Gasteiger partial charge is 0.0438 e. The van der Waals surface area contributed by atoms with Gasteiger partial charge in [-0.2, -0.15) is 0 Å². The third-order valence-corrected chi connectivity index (χ3v) is 4.14. The zero-order valence-electron chi connectivity index (χ0n) is 12.3. The van der Waals surface area contributed by atoms with Gasteiger partial charge in [0, 0.05) is 30.9 Å². The highest BCUT2D eigenvalue weighted by atomic mass is 15.2. The molecule has 2 unspecified atom stereocenters. The number of hydrogen-bond donors (Lipinski definition) is 1. The van der Waals surface area contributed by atoms with E-state index in [1.54, 1.807) is 0 Å². The number of nitrogens with one attached hydrogen (secondary N) is 1. The minimum atomic E-state index is 0.571. The quantitative estimate of drug-likeness (QED) is 0.862. The molecular weight excluding hydrogens is 220 g/mol. The lowest BCUT2D eigenvalue weighted by Gasteiger charge is -2.43. The van der Waals surface area contributed by atoms with Crippen LogP contribution in [0.5, 0.6) is 0 Å². The van der Waals surface area contributed by atoms with Gasteiger partial charge in [-0.15, -0.1) is 0 Å². The van der Waals surface area contributed by atoms with Crippen LogP contribution in [0.25, 0.3) is 0 Å². The fraction of sp³-hybridized carbons (Fsp3) is 0.625. The molecule has 1 N–H and O–H groups in total. The molecule has 2 atom stereocenters. The molecule has 0 amide bonds. The van der Waals surface area contributed by atoms with Crippen LogP contribution in [-0.2, 0) is 0 Å². The minimum Gasteiger partial charge on any atom is -0.365 e. The van der Waals surface area contributed by atoms with Crippen molar-refractivity contribution in [1.82, 2.24) is 5.32 Å². The van der Waals surface area contributed by atoms with Gasteiger partial charge in [0.2, 0.25) is 0 Å². The van der Waals surface area contributed by atoms with Crippen molar-refractivity contribution < 1.29 is 0 Å². The first kappa shape index (κ1) is 13.4. The van der Waals surface area contributed by atoms with Crippen molar-refractivity contribution in [2.45, 2.75) is 46.7 Å². The largest absolute Gasteiger partial charge is 0.365 e. The van der Waals surface area contributed by atoms with Crippen LogP contribution in [0, 0.1) is 19.8 Å². The highest BCUT2D eigenvalue weighted by molar-refractivity contribution is 5.52. The van der Waals surface area contributed by atoms with E-state index in [9.17, 15) is 0 Å². The van der Waals surface area contributed by atoms with E-state index >= 15 is 0 Å². The van der Waals surface area contributed by atoms with Gasteiger partial charge >= 0.3 is 0 Å². The summed E-state index contributed by atoms with van der Waals surface area (Å²) in [7, 11) is 0.